The van der Waals surface area contributed by atoms with E-state index in [2.05, 4.69) is 5.32 Å². The Balaban J connectivity index is 1.53. The van der Waals surface area contributed by atoms with E-state index in [4.69, 9.17) is 4.74 Å². The first kappa shape index (κ1) is 21.6. The average Bonchev–Trinajstić information content (AvgIpc) is 3.28. The molecule has 2 aliphatic rings. The lowest BCUT2D eigenvalue weighted by Gasteiger charge is -2.31. The topological polar surface area (TPSA) is 96.0 Å². The Bertz CT molecular complexity index is 826. The van der Waals surface area contributed by atoms with Crippen molar-refractivity contribution in [2.75, 3.05) is 33.3 Å². The van der Waals surface area contributed by atoms with Crippen LogP contribution in [-0.2, 0) is 19.6 Å². The first-order valence-electron chi connectivity index (χ1n) is 10.1. The van der Waals surface area contributed by atoms with Crippen molar-refractivity contribution in [3.63, 3.8) is 0 Å². The molecule has 2 fully saturated rings. The highest BCUT2D eigenvalue weighted by Gasteiger charge is 2.33. The highest BCUT2D eigenvalue weighted by Crippen LogP contribution is 2.25. The molecule has 29 heavy (non-hydrogen) atoms. The standard InChI is InChI=1S/C20H29N3O5S/c1-15(20(25)22-11-3-4-12-22)21-19(24)16-9-13-23(14-10-16)29(26,27)18-7-5-17(28-2)6-8-18/h5-8,15-16H,3-4,9-14H2,1-2H3,(H,21,24). The third-order valence-corrected chi connectivity index (χ3v) is 7.58. The van der Waals surface area contributed by atoms with Crippen LogP contribution in [0.4, 0.5) is 0 Å². The molecule has 1 atom stereocenters. The number of hydrogen-bond donors (Lipinski definition) is 1. The van der Waals surface area contributed by atoms with Crippen LogP contribution in [0, 0.1) is 5.92 Å². The zero-order valence-corrected chi connectivity index (χ0v) is 17.8. The second-order valence-corrected chi connectivity index (χ2v) is 9.55. The Morgan fingerprint density at radius 3 is 2.21 bits per heavy atom. The summed E-state index contributed by atoms with van der Waals surface area (Å²) >= 11 is 0. The normalized spacial score (nSPS) is 19.7. The number of methoxy groups -OCH3 is 1. The molecule has 1 aromatic rings. The molecule has 2 saturated heterocycles. The van der Waals surface area contributed by atoms with E-state index in [1.165, 1.54) is 23.5 Å². The van der Waals surface area contributed by atoms with Gasteiger partial charge in [0, 0.05) is 32.1 Å². The molecule has 0 radical (unpaired) electrons. The maximum absolute atomic E-state index is 12.8. The van der Waals surface area contributed by atoms with E-state index < -0.39 is 16.1 Å². The fourth-order valence-electron chi connectivity index (χ4n) is 3.86. The molecule has 8 nitrogen and oxygen atoms in total. The minimum atomic E-state index is -3.60. The van der Waals surface area contributed by atoms with Crippen molar-refractivity contribution in [3.8, 4) is 5.75 Å². The minimum Gasteiger partial charge on any atom is -0.497 e. The van der Waals surface area contributed by atoms with Crippen molar-refractivity contribution in [1.29, 1.82) is 0 Å². The van der Waals surface area contributed by atoms with Gasteiger partial charge in [0.25, 0.3) is 0 Å². The minimum absolute atomic E-state index is 0.0460. The lowest BCUT2D eigenvalue weighted by molar-refractivity contribution is -0.136. The second-order valence-electron chi connectivity index (χ2n) is 7.62. The number of ether oxygens (including phenoxy) is 1. The molecule has 2 amide bonds. The van der Waals surface area contributed by atoms with E-state index in [-0.39, 0.29) is 35.7 Å². The number of nitrogens with one attached hydrogen (secondary N) is 1. The molecule has 160 valence electrons. The summed E-state index contributed by atoms with van der Waals surface area (Å²) in [6.07, 6.45) is 2.89. The van der Waals surface area contributed by atoms with Crippen LogP contribution in [0.2, 0.25) is 0 Å². The van der Waals surface area contributed by atoms with Crippen LogP contribution < -0.4 is 10.1 Å². The highest BCUT2D eigenvalue weighted by atomic mass is 32.2. The SMILES string of the molecule is COc1ccc(S(=O)(=O)N2CCC(C(=O)NC(C)C(=O)N3CCCC3)CC2)cc1. The summed E-state index contributed by atoms with van der Waals surface area (Å²) in [4.78, 5) is 26.9. The third-order valence-electron chi connectivity index (χ3n) is 5.67. The first-order valence-corrected chi connectivity index (χ1v) is 11.5. The maximum Gasteiger partial charge on any atom is 0.244 e. The molecule has 3 rings (SSSR count). The Hall–Kier alpha value is -2.13. The lowest BCUT2D eigenvalue weighted by Crippen LogP contribution is -2.49. The maximum atomic E-state index is 12.8. The molecule has 0 aliphatic carbocycles. The van der Waals surface area contributed by atoms with E-state index in [0.717, 1.165) is 25.9 Å². The van der Waals surface area contributed by atoms with Gasteiger partial charge in [-0.15, -0.1) is 0 Å². The van der Waals surface area contributed by atoms with Crippen LogP contribution in [0.1, 0.15) is 32.6 Å². The molecular weight excluding hydrogens is 394 g/mol. The van der Waals surface area contributed by atoms with Crippen molar-refractivity contribution in [2.45, 2.75) is 43.5 Å². The average molecular weight is 424 g/mol. The molecule has 1 aromatic carbocycles. The number of carbonyl (C=O) groups is 2. The summed E-state index contributed by atoms with van der Waals surface area (Å²) in [6, 6.07) is 5.73. The fraction of sp³-hybridized carbons (Fsp3) is 0.600. The molecule has 2 heterocycles. The van der Waals surface area contributed by atoms with Gasteiger partial charge in [-0.25, -0.2) is 8.42 Å². The van der Waals surface area contributed by atoms with E-state index >= 15 is 0 Å². The molecule has 0 bridgehead atoms. The Kier molecular flexibility index (Phi) is 6.79. The van der Waals surface area contributed by atoms with Crippen molar-refractivity contribution >= 4 is 21.8 Å². The van der Waals surface area contributed by atoms with Gasteiger partial charge in [0.2, 0.25) is 21.8 Å². The van der Waals surface area contributed by atoms with Gasteiger partial charge in [0.15, 0.2) is 0 Å². The Morgan fingerprint density at radius 1 is 1.07 bits per heavy atom. The Morgan fingerprint density at radius 2 is 1.66 bits per heavy atom. The number of carbonyl (C=O) groups excluding carboxylic acids is 2. The first-order chi connectivity index (χ1) is 13.8. The molecule has 1 unspecified atom stereocenters. The van der Waals surface area contributed by atoms with Crippen molar-refractivity contribution < 1.29 is 22.7 Å². The van der Waals surface area contributed by atoms with Crippen LogP contribution in [0.3, 0.4) is 0 Å². The Labute approximate surface area is 172 Å². The van der Waals surface area contributed by atoms with E-state index in [0.29, 0.717) is 18.6 Å². The second kappa shape index (κ2) is 9.13. The molecular formula is C20H29N3O5S. The van der Waals surface area contributed by atoms with Crippen LogP contribution in [-0.4, -0.2) is 68.8 Å². The number of nitrogens with zero attached hydrogens (tertiary/aromatic N) is 2. The van der Waals surface area contributed by atoms with Crippen LogP contribution in [0.15, 0.2) is 29.2 Å². The van der Waals surface area contributed by atoms with Crippen LogP contribution in [0.5, 0.6) is 5.75 Å². The molecule has 0 aromatic heterocycles. The number of piperidine rings is 1. The van der Waals surface area contributed by atoms with Crippen LogP contribution >= 0.6 is 0 Å². The summed E-state index contributed by atoms with van der Waals surface area (Å²) in [5, 5.41) is 2.81. The molecule has 0 saturated carbocycles. The summed E-state index contributed by atoms with van der Waals surface area (Å²) < 4.78 is 32.1. The third kappa shape index (κ3) is 4.90. The zero-order valence-electron chi connectivity index (χ0n) is 17.0. The monoisotopic (exact) mass is 423 g/mol. The highest BCUT2D eigenvalue weighted by molar-refractivity contribution is 7.89. The molecule has 2 aliphatic heterocycles. The number of sulfonamides is 1. The summed E-state index contributed by atoms with van der Waals surface area (Å²) in [5.74, 6) is 0.0879. The van der Waals surface area contributed by atoms with Crippen molar-refractivity contribution in [2.24, 2.45) is 5.92 Å². The van der Waals surface area contributed by atoms with Gasteiger partial charge < -0.3 is 15.0 Å². The largest absolute Gasteiger partial charge is 0.497 e. The summed E-state index contributed by atoms with van der Waals surface area (Å²) in [5.41, 5.74) is 0. The smallest absolute Gasteiger partial charge is 0.244 e. The van der Waals surface area contributed by atoms with Gasteiger partial charge in [0.1, 0.15) is 11.8 Å². The predicted molar refractivity (Wildman–Crippen MR) is 108 cm³/mol. The van der Waals surface area contributed by atoms with Gasteiger partial charge in [0.05, 0.1) is 12.0 Å². The van der Waals surface area contributed by atoms with Crippen molar-refractivity contribution in [1.82, 2.24) is 14.5 Å². The van der Waals surface area contributed by atoms with Gasteiger partial charge in [-0.2, -0.15) is 4.31 Å². The fourth-order valence-corrected chi connectivity index (χ4v) is 5.33. The molecule has 9 heteroatoms. The number of rotatable bonds is 6. The van der Waals surface area contributed by atoms with Gasteiger partial charge in [-0.1, -0.05) is 0 Å². The number of benzene rings is 1. The molecule has 1 N–H and O–H groups in total. The quantitative estimate of drug-likeness (QED) is 0.742. The van der Waals surface area contributed by atoms with E-state index in [1.807, 2.05) is 0 Å². The zero-order chi connectivity index (χ0) is 21.0. The van der Waals surface area contributed by atoms with Gasteiger partial charge in [-0.05, 0) is 56.9 Å². The van der Waals surface area contributed by atoms with Crippen molar-refractivity contribution in [3.05, 3.63) is 24.3 Å². The summed E-state index contributed by atoms with van der Waals surface area (Å²) in [6.45, 7) is 3.77. The summed E-state index contributed by atoms with van der Waals surface area (Å²) in [7, 11) is -2.07. The molecule has 0 spiro atoms. The van der Waals surface area contributed by atoms with E-state index in [9.17, 15) is 18.0 Å². The number of likely N-dealkylation sites (tertiary alicyclic amines) is 1. The lowest BCUT2D eigenvalue weighted by atomic mass is 9.97. The predicted octanol–water partition coefficient (Wildman–Crippen LogP) is 1.22. The number of amides is 2. The van der Waals surface area contributed by atoms with Crippen LogP contribution in [0.25, 0.3) is 0 Å². The van der Waals surface area contributed by atoms with Gasteiger partial charge >= 0.3 is 0 Å². The van der Waals surface area contributed by atoms with E-state index in [1.54, 1.807) is 24.0 Å². The van der Waals surface area contributed by atoms with Gasteiger partial charge in [-0.3, -0.25) is 9.59 Å². The number of hydrogen-bond acceptors (Lipinski definition) is 5.